The fourth-order valence-electron chi connectivity index (χ4n) is 1.26. The zero-order chi connectivity index (χ0) is 12.7. The van der Waals surface area contributed by atoms with Crippen molar-refractivity contribution in [2.75, 3.05) is 13.1 Å². The highest BCUT2D eigenvalue weighted by Gasteiger charge is 2.05. The Kier molecular flexibility index (Phi) is 5.29. The molecule has 4 N–H and O–H groups in total. The highest BCUT2D eigenvalue weighted by atomic mass is 35.5. The molecular formula is C11H14ClN3O2. The van der Waals surface area contributed by atoms with Crippen molar-refractivity contribution in [2.24, 2.45) is 5.73 Å². The SMILES string of the molecule is NC(=O)NCCNC(=O)c1cccc(CCl)c1. The normalized spacial score (nSPS) is 9.71. The Labute approximate surface area is 104 Å². The van der Waals surface area contributed by atoms with Gasteiger partial charge in [0, 0.05) is 24.5 Å². The van der Waals surface area contributed by atoms with Gasteiger partial charge in [0.05, 0.1) is 0 Å². The van der Waals surface area contributed by atoms with Crippen LogP contribution in [0.25, 0.3) is 0 Å². The lowest BCUT2D eigenvalue weighted by molar-refractivity contribution is 0.0954. The summed E-state index contributed by atoms with van der Waals surface area (Å²) in [6.07, 6.45) is 0. The van der Waals surface area contributed by atoms with Crippen LogP contribution in [0, 0.1) is 0 Å². The van der Waals surface area contributed by atoms with Gasteiger partial charge in [-0.1, -0.05) is 12.1 Å². The van der Waals surface area contributed by atoms with Crippen molar-refractivity contribution in [3.05, 3.63) is 35.4 Å². The van der Waals surface area contributed by atoms with Gasteiger partial charge in [-0.3, -0.25) is 4.79 Å². The number of amides is 3. The fourth-order valence-corrected chi connectivity index (χ4v) is 1.43. The zero-order valence-electron chi connectivity index (χ0n) is 9.20. The summed E-state index contributed by atoms with van der Waals surface area (Å²) in [5, 5.41) is 5.03. The number of rotatable bonds is 5. The summed E-state index contributed by atoms with van der Waals surface area (Å²) < 4.78 is 0. The van der Waals surface area contributed by atoms with E-state index in [1.54, 1.807) is 18.2 Å². The lowest BCUT2D eigenvalue weighted by Gasteiger charge is -2.06. The first kappa shape index (κ1) is 13.3. The van der Waals surface area contributed by atoms with E-state index in [9.17, 15) is 9.59 Å². The number of halogens is 1. The van der Waals surface area contributed by atoms with E-state index in [4.69, 9.17) is 17.3 Å². The molecule has 0 bridgehead atoms. The van der Waals surface area contributed by atoms with Crippen molar-refractivity contribution in [2.45, 2.75) is 5.88 Å². The average Bonchev–Trinajstić information content (AvgIpc) is 2.34. The van der Waals surface area contributed by atoms with Gasteiger partial charge in [0.1, 0.15) is 0 Å². The summed E-state index contributed by atoms with van der Waals surface area (Å²) in [5.74, 6) is 0.160. The van der Waals surface area contributed by atoms with Crippen LogP contribution in [0.15, 0.2) is 24.3 Å². The number of nitrogens with one attached hydrogen (secondary N) is 2. The Morgan fingerprint density at radius 1 is 1.24 bits per heavy atom. The van der Waals surface area contributed by atoms with Crippen LogP contribution in [0.3, 0.4) is 0 Å². The number of carbonyl (C=O) groups is 2. The zero-order valence-corrected chi connectivity index (χ0v) is 9.96. The molecule has 1 aromatic rings. The van der Waals surface area contributed by atoms with Crippen LogP contribution in [0.5, 0.6) is 0 Å². The molecular weight excluding hydrogens is 242 g/mol. The molecule has 17 heavy (non-hydrogen) atoms. The molecule has 0 unspecified atom stereocenters. The molecule has 0 aliphatic heterocycles. The van der Waals surface area contributed by atoms with Crippen molar-refractivity contribution in [1.82, 2.24) is 10.6 Å². The molecule has 1 aromatic carbocycles. The largest absolute Gasteiger partial charge is 0.352 e. The molecule has 5 nitrogen and oxygen atoms in total. The van der Waals surface area contributed by atoms with Gasteiger partial charge in [-0.25, -0.2) is 4.79 Å². The molecule has 0 spiro atoms. The highest BCUT2D eigenvalue weighted by Crippen LogP contribution is 2.07. The number of urea groups is 1. The number of carbonyl (C=O) groups excluding carboxylic acids is 2. The van der Waals surface area contributed by atoms with Gasteiger partial charge >= 0.3 is 6.03 Å². The number of primary amides is 1. The Bertz CT molecular complexity index is 409. The van der Waals surface area contributed by atoms with Crippen LogP contribution in [-0.4, -0.2) is 25.0 Å². The van der Waals surface area contributed by atoms with Crippen molar-refractivity contribution >= 4 is 23.5 Å². The van der Waals surface area contributed by atoms with Gasteiger partial charge in [-0.15, -0.1) is 11.6 Å². The molecule has 0 saturated carbocycles. The van der Waals surface area contributed by atoms with E-state index in [1.807, 2.05) is 6.07 Å². The Morgan fingerprint density at radius 2 is 1.94 bits per heavy atom. The fraction of sp³-hybridized carbons (Fsp3) is 0.273. The molecule has 3 amide bonds. The van der Waals surface area contributed by atoms with Crippen LogP contribution in [0.1, 0.15) is 15.9 Å². The first-order chi connectivity index (χ1) is 8.13. The van der Waals surface area contributed by atoms with E-state index >= 15 is 0 Å². The summed E-state index contributed by atoms with van der Waals surface area (Å²) in [7, 11) is 0. The maximum Gasteiger partial charge on any atom is 0.312 e. The van der Waals surface area contributed by atoms with Gasteiger partial charge in [0.25, 0.3) is 5.91 Å². The van der Waals surface area contributed by atoms with E-state index in [-0.39, 0.29) is 5.91 Å². The Morgan fingerprint density at radius 3 is 2.59 bits per heavy atom. The van der Waals surface area contributed by atoms with Crippen LogP contribution in [0.2, 0.25) is 0 Å². The van der Waals surface area contributed by atoms with Crippen molar-refractivity contribution < 1.29 is 9.59 Å². The average molecular weight is 256 g/mol. The molecule has 92 valence electrons. The number of nitrogens with two attached hydrogens (primary N) is 1. The van der Waals surface area contributed by atoms with Crippen molar-refractivity contribution in [3.8, 4) is 0 Å². The number of hydrogen-bond donors (Lipinski definition) is 3. The van der Waals surface area contributed by atoms with E-state index in [0.29, 0.717) is 24.5 Å². The standard InChI is InChI=1S/C11H14ClN3O2/c12-7-8-2-1-3-9(6-8)10(16)14-4-5-15-11(13)17/h1-3,6H,4-5,7H2,(H,14,16)(H3,13,15,17). The molecule has 0 heterocycles. The molecule has 0 atom stereocenters. The third kappa shape index (κ3) is 4.74. The maximum atomic E-state index is 11.7. The minimum absolute atomic E-state index is 0.205. The predicted molar refractivity (Wildman–Crippen MR) is 65.9 cm³/mol. The first-order valence-corrected chi connectivity index (χ1v) is 5.63. The number of alkyl halides is 1. The molecule has 0 aliphatic rings. The van der Waals surface area contributed by atoms with Crippen LogP contribution < -0.4 is 16.4 Å². The van der Waals surface area contributed by atoms with Gasteiger partial charge in [0.2, 0.25) is 0 Å². The predicted octanol–water partition coefficient (Wildman–Crippen LogP) is 0.824. The highest BCUT2D eigenvalue weighted by molar-refractivity contribution is 6.17. The van der Waals surface area contributed by atoms with Crippen molar-refractivity contribution in [3.63, 3.8) is 0 Å². The molecule has 0 aliphatic carbocycles. The summed E-state index contributed by atoms with van der Waals surface area (Å²) >= 11 is 5.67. The van der Waals surface area contributed by atoms with Crippen LogP contribution >= 0.6 is 11.6 Å². The summed E-state index contributed by atoms with van der Waals surface area (Å²) in [5.41, 5.74) is 6.31. The number of benzene rings is 1. The second kappa shape index (κ2) is 6.75. The molecule has 0 aromatic heterocycles. The molecule has 6 heteroatoms. The van der Waals surface area contributed by atoms with Gasteiger partial charge < -0.3 is 16.4 Å². The third-order valence-corrected chi connectivity index (χ3v) is 2.36. The minimum Gasteiger partial charge on any atom is -0.352 e. The molecule has 0 saturated heterocycles. The summed E-state index contributed by atoms with van der Waals surface area (Å²) in [6, 6.07) is 6.44. The lowest BCUT2D eigenvalue weighted by atomic mass is 10.1. The van der Waals surface area contributed by atoms with E-state index in [0.717, 1.165) is 5.56 Å². The Balaban J connectivity index is 2.43. The first-order valence-electron chi connectivity index (χ1n) is 5.10. The molecule has 0 radical (unpaired) electrons. The summed E-state index contributed by atoms with van der Waals surface area (Å²) in [6.45, 7) is 0.628. The quantitative estimate of drug-likeness (QED) is 0.538. The lowest BCUT2D eigenvalue weighted by Crippen LogP contribution is -2.37. The third-order valence-electron chi connectivity index (χ3n) is 2.05. The van der Waals surface area contributed by atoms with E-state index in [2.05, 4.69) is 10.6 Å². The van der Waals surface area contributed by atoms with E-state index in [1.165, 1.54) is 0 Å². The van der Waals surface area contributed by atoms with Gasteiger partial charge in [-0.05, 0) is 17.7 Å². The Hall–Kier alpha value is -1.75. The van der Waals surface area contributed by atoms with Crippen molar-refractivity contribution in [1.29, 1.82) is 0 Å². The molecule has 1 rings (SSSR count). The maximum absolute atomic E-state index is 11.7. The second-order valence-corrected chi connectivity index (χ2v) is 3.65. The minimum atomic E-state index is -0.608. The van der Waals surface area contributed by atoms with Gasteiger partial charge in [-0.2, -0.15) is 0 Å². The van der Waals surface area contributed by atoms with E-state index < -0.39 is 6.03 Å². The monoisotopic (exact) mass is 255 g/mol. The summed E-state index contributed by atoms with van der Waals surface area (Å²) in [4.78, 5) is 22.0. The van der Waals surface area contributed by atoms with Gasteiger partial charge in [0.15, 0.2) is 0 Å². The number of hydrogen-bond acceptors (Lipinski definition) is 2. The second-order valence-electron chi connectivity index (χ2n) is 3.38. The topological polar surface area (TPSA) is 84.2 Å². The smallest absolute Gasteiger partial charge is 0.312 e. The van der Waals surface area contributed by atoms with Crippen LogP contribution in [-0.2, 0) is 5.88 Å². The molecule has 0 fully saturated rings. The van der Waals surface area contributed by atoms with Crippen LogP contribution in [0.4, 0.5) is 4.79 Å².